The molecule has 0 amide bonds. The molecule has 0 fully saturated rings. The fourth-order valence-corrected chi connectivity index (χ4v) is 1.82. The van der Waals surface area contributed by atoms with Crippen molar-refractivity contribution in [2.75, 3.05) is 25.5 Å². The molecule has 0 atom stereocenters. The third kappa shape index (κ3) is 4.20. The second-order valence-electron chi connectivity index (χ2n) is 4.51. The van der Waals surface area contributed by atoms with Gasteiger partial charge in [0.15, 0.2) is 0 Å². The van der Waals surface area contributed by atoms with Crippen LogP contribution in [0.3, 0.4) is 0 Å². The van der Waals surface area contributed by atoms with Crippen molar-refractivity contribution in [3.05, 3.63) is 47.8 Å². The minimum absolute atomic E-state index is 0.650. The molecule has 0 aliphatic heterocycles. The summed E-state index contributed by atoms with van der Waals surface area (Å²) in [6.07, 6.45) is 5.42. The lowest BCUT2D eigenvalue weighted by molar-refractivity contribution is 0.414. The molecule has 2 rings (SSSR count). The van der Waals surface area contributed by atoms with E-state index < -0.39 is 0 Å². The molecule has 5 heteroatoms. The van der Waals surface area contributed by atoms with E-state index in [2.05, 4.69) is 15.3 Å². The van der Waals surface area contributed by atoms with Crippen LogP contribution in [0.4, 0.5) is 5.95 Å². The Morgan fingerprint density at radius 3 is 2.40 bits per heavy atom. The van der Waals surface area contributed by atoms with Crippen molar-refractivity contribution in [1.82, 2.24) is 9.97 Å². The Morgan fingerprint density at radius 2 is 1.80 bits per heavy atom. The molecule has 1 aromatic carbocycles. The second kappa shape index (κ2) is 7.45. The van der Waals surface area contributed by atoms with Crippen molar-refractivity contribution in [1.29, 1.82) is 0 Å². The van der Waals surface area contributed by atoms with E-state index in [1.807, 2.05) is 36.7 Å². The van der Waals surface area contributed by atoms with Crippen LogP contribution in [0, 0.1) is 0 Å². The number of nitrogens with zero attached hydrogens (tertiary/aromatic N) is 2. The second-order valence-corrected chi connectivity index (χ2v) is 4.51. The van der Waals surface area contributed by atoms with Crippen molar-refractivity contribution in [2.24, 2.45) is 5.73 Å². The maximum Gasteiger partial charge on any atom is 0.222 e. The lowest BCUT2D eigenvalue weighted by atomic mass is 10.1. The zero-order valence-corrected chi connectivity index (χ0v) is 11.7. The molecule has 0 aliphatic carbocycles. The number of nitrogens with one attached hydrogen (secondary N) is 1. The Kier molecular flexibility index (Phi) is 5.32. The monoisotopic (exact) mass is 272 g/mol. The molecule has 0 bridgehead atoms. The van der Waals surface area contributed by atoms with Crippen molar-refractivity contribution < 1.29 is 4.74 Å². The van der Waals surface area contributed by atoms with Gasteiger partial charge in [-0.15, -0.1) is 0 Å². The smallest absolute Gasteiger partial charge is 0.222 e. The highest BCUT2D eigenvalue weighted by molar-refractivity contribution is 5.31. The summed E-state index contributed by atoms with van der Waals surface area (Å²) in [5, 5.41) is 3.13. The zero-order chi connectivity index (χ0) is 14.2. The normalized spacial score (nSPS) is 10.3. The van der Waals surface area contributed by atoms with Gasteiger partial charge in [-0.2, -0.15) is 0 Å². The van der Waals surface area contributed by atoms with Gasteiger partial charge in [0.2, 0.25) is 5.95 Å². The number of methoxy groups -OCH3 is 1. The van der Waals surface area contributed by atoms with Crippen molar-refractivity contribution >= 4 is 5.95 Å². The number of rotatable bonds is 7. The molecule has 0 spiro atoms. The van der Waals surface area contributed by atoms with Crippen LogP contribution in [-0.2, 0) is 6.42 Å². The fourth-order valence-electron chi connectivity index (χ4n) is 1.82. The SMILES string of the molecule is COc1ccc(Cc2cnc(NCCCN)nc2)cc1. The van der Waals surface area contributed by atoms with Gasteiger partial charge in [0.1, 0.15) is 5.75 Å². The van der Waals surface area contributed by atoms with Crippen LogP contribution in [-0.4, -0.2) is 30.2 Å². The predicted molar refractivity (Wildman–Crippen MR) is 80.0 cm³/mol. The van der Waals surface area contributed by atoms with Gasteiger partial charge in [-0.25, -0.2) is 9.97 Å². The lowest BCUT2D eigenvalue weighted by Gasteiger charge is -2.06. The van der Waals surface area contributed by atoms with E-state index in [0.717, 1.165) is 30.7 Å². The molecule has 20 heavy (non-hydrogen) atoms. The van der Waals surface area contributed by atoms with Crippen LogP contribution in [0.5, 0.6) is 5.75 Å². The fraction of sp³-hybridized carbons (Fsp3) is 0.333. The third-order valence-electron chi connectivity index (χ3n) is 2.94. The lowest BCUT2D eigenvalue weighted by Crippen LogP contribution is -2.10. The van der Waals surface area contributed by atoms with Gasteiger partial charge >= 0.3 is 0 Å². The van der Waals surface area contributed by atoms with Gasteiger partial charge in [0, 0.05) is 25.4 Å². The van der Waals surface area contributed by atoms with Gasteiger partial charge in [0.05, 0.1) is 7.11 Å². The largest absolute Gasteiger partial charge is 0.497 e. The van der Waals surface area contributed by atoms with E-state index in [0.29, 0.717) is 12.5 Å². The molecule has 5 nitrogen and oxygen atoms in total. The minimum Gasteiger partial charge on any atom is -0.497 e. The maximum atomic E-state index is 5.43. The first-order valence-electron chi connectivity index (χ1n) is 6.69. The van der Waals surface area contributed by atoms with Crippen LogP contribution in [0.15, 0.2) is 36.7 Å². The summed E-state index contributed by atoms with van der Waals surface area (Å²) in [7, 11) is 1.67. The van der Waals surface area contributed by atoms with Crippen LogP contribution in [0.2, 0.25) is 0 Å². The molecule has 106 valence electrons. The summed E-state index contributed by atoms with van der Waals surface area (Å²) in [5.74, 6) is 1.52. The predicted octanol–water partition coefficient (Wildman–Crippen LogP) is 1.84. The molecule has 2 aromatic rings. The average molecular weight is 272 g/mol. The summed E-state index contributed by atoms with van der Waals surface area (Å²) >= 11 is 0. The molecule has 0 saturated heterocycles. The van der Waals surface area contributed by atoms with Crippen LogP contribution < -0.4 is 15.8 Å². The molecule has 0 unspecified atom stereocenters. The van der Waals surface area contributed by atoms with Crippen LogP contribution in [0.1, 0.15) is 17.5 Å². The highest BCUT2D eigenvalue weighted by Gasteiger charge is 2.00. The molecule has 1 aromatic heterocycles. The van der Waals surface area contributed by atoms with Gasteiger partial charge in [0.25, 0.3) is 0 Å². The maximum absolute atomic E-state index is 5.43. The van der Waals surface area contributed by atoms with Gasteiger partial charge in [-0.05, 0) is 36.2 Å². The Labute approximate surface area is 119 Å². The van der Waals surface area contributed by atoms with Crippen LogP contribution in [0.25, 0.3) is 0 Å². The number of anilines is 1. The Balaban J connectivity index is 1.92. The first-order valence-corrected chi connectivity index (χ1v) is 6.69. The standard InChI is InChI=1S/C15H20N4O/c1-20-14-5-3-12(4-6-14)9-13-10-18-15(19-11-13)17-8-2-7-16/h3-6,10-11H,2,7-9,16H2,1H3,(H,17,18,19). The first-order chi connectivity index (χ1) is 9.81. The average Bonchev–Trinajstić information content (AvgIpc) is 2.50. The third-order valence-corrected chi connectivity index (χ3v) is 2.94. The Hall–Kier alpha value is -2.14. The molecule has 0 saturated carbocycles. The topological polar surface area (TPSA) is 73.1 Å². The van der Waals surface area contributed by atoms with Gasteiger partial charge in [-0.3, -0.25) is 0 Å². The highest BCUT2D eigenvalue weighted by atomic mass is 16.5. The Morgan fingerprint density at radius 1 is 1.10 bits per heavy atom. The highest BCUT2D eigenvalue weighted by Crippen LogP contribution is 2.14. The molecule has 3 N–H and O–H groups in total. The quantitative estimate of drug-likeness (QED) is 0.752. The van der Waals surface area contributed by atoms with E-state index in [-0.39, 0.29) is 0 Å². The summed E-state index contributed by atoms with van der Waals surface area (Å²) in [5.41, 5.74) is 7.72. The van der Waals surface area contributed by atoms with Crippen molar-refractivity contribution in [3.63, 3.8) is 0 Å². The number of aromatic nitrogens is 2. The van der Waals surface area contributed by atoms with Crippen molar-refractivity contribution in [3.8, 4) is 5.75 Å². The molecule has 0 aliphatic rings. The summed E-state index contributed by atoms with van der Waals surface area (Å²) in [4.78, 5) is 8.59. The molecular formula is C15H20N4O. The number of benzene rings is 1. The van der Waals surface area contributed by atoms with Crippen molar-refractivity contribution in [2.45, 2.75) is 12.8 Å². The summed E-state index contributed by atoms with van der Waals surface area (Å²) < 4.78 is 5.14. The summed E-state index contributed by atoms with van der Waals surface area (Å²) in [6.45, 7) is 1.47. The van der Waals surface area contributed by atoms with E-state index >= 15 is 0 Å². The number of nitrogens with two attached hydrogens (primary N) is 1. The van der Waals surface area contributed by atoms with E-state index in [1.54, 1.807) is 7.11 Å². The Bertz CT molecular complexity index is 510. The number of hydrogen-bond donors (Lipinski definition) is 2. The van der Waals surface area contributed by atoms with E-state index in [4.69, 9.17) is 10.5 Å². The van der Waals surface area contributed by atoms with Crippen LogP contribution >= 0.6 is 0 Å². The molecular weight excluding hydrogens is 252 g/mol. The molecule has 0 radical (unpaired) electrons. The zero-order valence-electron chi connectivity index (χ0n) is 11.7. The van der Waals surface area contributed by atoms with Gasteiger partial charge < -0.3 is 15.8 Å². The number of ether oxygens (including phenoxy) is 1. The minimum atomic E-state index is 0.650. The summed E-state index contributed by atoms with van der Waals surface area (Å²) in [6, 6.07) is 8.01. The first kappa shape index (κ1) is 14.3. The van der Waals surface area contributed by atoms with E-state index in [1.165, 1.54) is 5.56 Å². The van der Waals surface area contributed by atoms with Gasteiger partial charge in [-0.1, -0.05) is 12.1 Å². The number of hydrogen-bond acceptors (Lipinski definition) is 5. The molecule has 1 heterocycles. The van der Waals surface area contributed by atoms with E-state index in [9.17, 15) is 0 Å².